The molecule has 1 saturated carbocycles. The van der Waals surface area contributed by atoms with Crippen molar-refractivity contribution < 1.29 is 50.5 Å². The molecule has 46 heavy (non-hydrogen) atoms. The van der Waals surface area contributed by atoms with Crippen molar-refractivity contribution >= 4 is 22.7 Å². The highest BCUT2D eigenvalue weighted by atomic mass is 19.3. The Kier molecular flexibility index (Phi) is 7.18. The monoisotopic (exact) mass is 649 g/mol. The quantitative estimate of drug-likeness (QED) is 0.183. The van der Waals surface area contributed by atoms with Crippen molar-refractivity contribution in [3.05, 3.63) is 70.8 Å². The van der Waals surface area contributed by atoms with Gasteiger partial charge in [0.1, 0.15) is 40.4 Å². The zero-order valence-corrected chi connectivity index (χ0v) is 24.1. The fourth-order valence-corrected chi connectivity index (χ4v) is 5.51. The van der Waals surface area contributed by atoms with Crippen LogP contribution in [0.3, 0.4) is 0 Å². The van der Waals surface area contributed by atoms with E-state index in [1.54, 1.807) is 0 Å². The first-order chi connectivity index (χ1) is 21.6. The van der Waals surface area contributed by atoms with Crippen LogP contribution in [0.1, 0.15) is 47.9 Å². The zero-order valence-electron chi connectivity index (χ0n) is 24.1. The number of fused-ring (bicyclic) bond motifs is 2. The second-order valence-corrected chi connectivity index (χ2v) is 11.5. The summed E-state index contributed by atoms with van der Waals surface area (Å²) in [5.41, 5.74) is -2.55. The van der Waals surface area contributed by atoms with Crippen molar-refractivity contribution in [2.45, 2.75) is 43.0 Å². The third kappa shape index (κ3) is 4.69. The van der Waals surface area contributed by atoms with E-state index in [2.05, 4.69) is 15.4 Å². The maximum Gasteiger partial charge on any atom is 0.333 e. The minimum Gasteiger partial charge on any atom is -0.494 e. The smallest absolute Gasteiger partial charge is 0.333 e. The Balaban J connectivity index is 1.44. The normalized spacial score (nSPS) is 19.4. The Morgan fingerprint density at radius 3 is 2.54 bits per heavy atom. The molecule has 1 aliphatic carbocycles. The lowest BCUT2D eigenvalue weighted by Gasteiger charge is -2.33. The van der Waals surface area contributed by atoms with Crippen molar-refractivity contribution in [2.75, 3.05) is 20.3 Å². The van der Waals surface area contributed by atoms with E-state index in [1.807, 2.05) is 0 Å². The maximum absolute atomic E-state index is 16.1. The number of alkyl halides is 3. The lowest BCUT2D eigenvalue weighted by atomic mass is 9.80. The number of halogens is 6. The van der Waals surface area contributed by atoms with Crippen LogP contribution in [0.25, 0.3) is 22.2 Å². The van der Waals surface area contributed by atoms with Gasteiger partial charge in [0.2, 0.25) is 5.91 Å². The van der Waals surface area contributed by atoms with Gasteiger partial charge in [0.05, 0.1) is 19.3 Å². The largest absolute Gasteiger partial charge is 0.494 e. The molecule has 10 nitrogen and oxygen atoms in total. The number of nitrogens with two attached hydrogens (primary N) is 1. The molecule has 2 aromatic carbocycles. The van der Waals surface area contributed by atoms with Crippen molar-refractivity contribution in [3.63, 3.8) is 0 Å². The van der Waals surface area contributed by atoms with Crippen LogP contribution in [0.5, 0.6) is 11.5 Å². The molecule has 0 spiro atoms. The standard InChI is InChI=1S/C30H25F6N5O5/c1-28(26(37)43)12-46-24-16(28)9-19(39-23(24)15-3-4-17(31)21(33)20(15)32)30(44,29(36)5-6-29)11-38-25(42)13-7-14-10-41(27(34)35)40-22(14)18(8-13)45-2/h3-4,7-10,27,44H,5-6,11-12H2,1-2H3,(H2,37,43)(H,38,42)/t28-,30?/m0/s1. The first-order valence-corrected chi connectivity index (χ1v) is 13.8. The molecule has 16 heteroatoms. The van der Waals surface area contributed by atoms with Crippen LogP contribution in [0.4, 0.5) is 26.3 Å². The minimum absolute atomic E-state index is 0.00862. The van der Waals surface area contributed by atoms with Crippen LogP contribution < -0.4 is 20.5 Å². The van der Waals surface area contributed by atoms with Crippen molar-refractivity contribution in [1.82, 2.24) is 20.1 Å². The second-order valence-electron chi connectivity index (χ2n) is 11.5. The first-order valence-electron chi connectivity index (χ1n) is 13.8. The summed E-state index contributed by atoms with van der Waals surface area (Å²) >= 11 is 0. The van der Waals surface area contributed by atoms with Gasteiger partial charge in [-0.05, 0) is 50.1 Å². The van der Waals surface area contributed by atoms with Crippen LogP contribution in [-0.2, 0) is 15.8 Å². The van der Waals surface area contributed by atoms with E-state index in [0.717, 1.165) is 18.3 Å². The van der Waals surface area contributed by atoms with Crippen LogP contribution in [0, 0.1) is 17.5 Å². The fourth-order valence-electron chi connectivity index (χ4n) is 5.51. The number of rotatable bonds is 9. The van der Waals surface area contributed by atoms with E-state index < -0.39 is 76.0 Å². The number of amides is 2. The topological polar surface area (TPSA) is 142 Å². The number of benzene rings is 2. The van der Waals surface area contributed by atoms with Gasteiger partial charge in [-0.1, -0.05) is 0 Å². The van der Waals surface area contributed by atoms with Gasteiger partial charge in [0.25, 0.3) is 5.91 Å². The van der Waals surface area contributed by atoms with Crippen molar-refractivity contribution in [2.24, 2.45) is 5.73 Å². The van der Waals surface area contributed by atoms with Gasteiger partial charge in [0, 0.05) is 28.3 Å². The number of aliphatic hydroxyl groups is 1. The molecule has 242 valence electrons. The molecule has 0 radical (unpaired) electrons. The molecule has 1 fully saturated rings. The number of nitrogens with zero attached hydrogens (tertiary/aromatic N) is 3. The number of primary amides is 1. The Bertz CT molecular complexity index is 1930. The average Bonchev–Trinajstić information content (AvgIpc) is 3.48. The van der Waals surface area contributed by atoms with Crippen LogP contribution in [0.15, 0.2) is 36.5 Å². The SMILES string of the molecule is COc1cc(C(=O)NCC(O)(c2cc3c(c(-c4ccc(F)c(F)c4F)n2)OC[C@]3(C)C(N)=O)C2(F)CC2)cc2cn(C(F)F)nc12. The summed E-state index contributed by atoms with van der Waals surface area (Å²) in [6.45, 7) is -2.75. The summed E-state index contributed by atoms with van der Waals surface area (Å²) < 4.78 is 96.9. The highest BCUT2D eigenvalue weighted by molar-refractivity contribution is 6.00. The Morgan fingerprint density at radius 1 is 1.20 bits per heavy atom. The Hall–Kier alpha value is -4.86. The number of nitrogens with one attached hydrogen (secondary N) is 1. The predicted molar refractivity (Wildman–Crippen MR) is 148 cm³/mol. The molecule has 1 aliphatic heterocycles. The third-order valence-electron chi connectivity index (χ3n) is 8.54. The lowest BCUT2D eigenvalue weighted by molar-refractivity contribution is -0.123. The van der Waals surface area contributed by atoms with Gasteiger partial charge in [0.15, 0.2) is 23.1 Å². The van der Waals surface area contributed by atoms with Gasteiger partial charge in [-0.2, -0.15) is 13.9 Å². The van der Waals surface area contributed by atoms with Gasteiger partial charge >= 0.3 is 6.55 Å². The molecule has 6 rings (SSSR count). The minimum atomic E-state index is -2.96. The third-order valence-corrected chi connectivity index (χ3v) is 8.54. The van der Waals surface area contributed by atoms with E-state index >= 15 is 8.78 Å². The number of carbonyl (C=O) groups excluding carboxylic acids is 2. The summed E-state index contributed by atoms with van der Waals surface area (Å²) in [5, 5.41) is 18.2. The van der Waals surface area contributed by atoms with Gasteiger partial charge in [-0.25, -0.2) is 27.2 Å². The highest BCUT2D eigenvalue weighted by Gasteiger charge is 2.62. The summed E-state index contributed by atoms with van der Waals surface area (Å²) in [4.78, 5) is 30.1. The van der Waals surface area contributed by atoms with E-state index in [0.29, 0.717) is 10.7 Å². The molecule has 0 bridgehead atoms. The lowest BCUT2D eigenvalue weighted by Crippen LogP contribution is -2.49. The molecular formula is C30H25F6N5O5. The molecule has 0 saturated heterocycles. The van der Waals surface area contributed by atoms with Crippen LogP contribution in [0.2, 0.25) is 0 Å². The highest BCUT2D eigenvalue weighted by Crippen LogP contribution is 2.55. The van der Waals surface area contributed by atoms with Gasteiger partial charge < -0.3 is 25.6 Å². The number of pyridine rings is 1. The van der Waals surface area contributed by atoms with Crippen LogP contribution in [-0.4, -0.2) is 57.6 Å². The van der Waals surface area contributed by atoms with Gasteiger partial charge in [-0.15, -0.1) is 0 Å². The number of carbonyl (C=O) groups is 2. The first kappa shape index (κ1) is 31.1. The molecule has 2 atom stereocenters. The van der Waals surface area contributed by atoms with E-state index in [9.17, 15) is 32.3 Å². The Morgan fingerprint density at radius 2 is 1.91 bits per heavy atom. The van der Waals surface area contributed by atoms with Crippen LogP contribution >= 0.6 is 0 Å². The summed E-state index contributed by atoms with van der Waals surface area (Å²) in [6.07, 6.45) is 0.647. The number of hydrogen-bond acceptors (Lipinski definition) is 7. The zero-order chi connectivity index (χ0) is 33.3. The van der Waals surface area contributed by atoms with E-state index in [4.69, 9.17) is 15.2 Å². The molecule has 2 aromatic heterocycles. The molecule has 4 N–H and O–H groups in total. The van der Waals surface area contributed by atoms with E-state index in [-0.39, 0.29) is 53.0 Å². The molecule has 4 aromatic rings. The summed E-state index contributed by atoms with van der Waals surface area (Å²) in [5.74, 6) is -6.95. The average molecular weight is 650 g/mol. The van der Waals surface area contributed by atoms with Gasteiger partial charge in [-0.3, -0.25) is 9.59 Å². The van der Waals surface area contributed by atoms with E-state index in [1.165, 1.54) is 26.2 Å². The molecular weight excluding hydrogens is 624 g/mol. The molecule has 1 unspecified atom stereocenters. The Labute approximate surface area is 256 Å². The number of aromatic nitrogens is 3. The number of methoxy groups -OCH3 is 1. The molecule has 2 amide bonds. The molecule has 2 aliphatic rings. The summed E-state index contributed by atoms with van der Waals surface area (Å²) in [7, 11) is 1.24. The summed E-state index contributed by atoms with van der Waals surface area (Å²) in [6, 6.07) is 5.11. The maximum atomic E-state index is 16.1. The number of ether oxygens (including phenoxy) is 2. The molecule has 3 heterocycles. The predicted octanol–water partition coefficient (Wildman–Crippen LogP) is 4.17. The van der Waals surface area contributed by atoms with Crippen molar-refractivity contribution in [1.29, 1.82) is 0 Å². The second kappa shape index (κ2) is 10.6. The number of hydrogen-bond donors (Lipinski definition) is 3. The fraction of sp³-hybridized carbons (Fsp3) is 0.333. The van der Waals surface area contributed by atoms with Crippen molar-refractivity contribution in [3.8, 4) is 22.8 Å².